The predicted octanol–water partition coefficient (Wildman–Crippen LogP) is 1.92. The summed E-state index contributed by atoms with van der Waals surface area (Å²) in [4.78, 5) is 0. The SMILES string of the molecule is Cc1n[n+](C[Si](C)(C)C)c(C)s1. The lowest BCUT2D eigenvalue weighted by atomic mass is 10.8. The van der Waals surface area contributed by atoms with E-state index in [-0.39, 0.29) is 0 Å². The zero-order valence-electron chi connectivity index (χ0n) is 8.51. The van der Waals surface area contributed by atoms with Gasteiger partial charge in [0.05, 0.1) is 0 Å². The van der Waals surface area contributed by atoms with Crippen LogP contribution in [0.1, 0.15) is 10.0 Å². The van der Waals surface area contributed by atoms with Gasteiger partial charge in [0.2, 0.25) is 0 Å². The molecule has 0 aliphatic rings. The van der Waals surface area contributed by atoms with Crippen molar-refractivity contribution in [2.45, 2.75) is 39.7 Å². The molecule has 0 radical (unpaired) electrons. The van der Waals surface area contributed by atoms with Crippen LogP contribution in [0.4, 0.5) is 0 Å². The average molecular weight is 201 g/mol. The third kappa shape index (κ3) is 2.68. The highest BCUT2D eigenvalue weighted by atomic mass is 32.1. The first-order valence-electron chi connectivity index (χ1n) is 4.23. The van der Waals surface area contributed by atoms with Gasteiger partial charge in [-0.3, -0.25) is 0 Å². The minimum Gasteiger partial charge on any atom is -0.0819 e. The summed E-state index contributed by atoms with van der Waals surface area (Å²) in [6, 6.07) is 0. The fourth-order valence-electron chi connectivity index (χ4n) is 1.12. The molecule has 0 aliphatic heterocycles. The van der Waals surface area contributed by atoms with Gasteiger partial charge >= 0.3 is 0 Å². The summed E-state index contributed by atoms with van der Waals surface area (Å²) in [5.41, 5.74) is 0. The van der Waals surface area contributed by atoms with Crippen molar-refractivity contribution in [3.63, 3.8) is 0 Å². The number of hydrogen-bond donors (Lipinski definition) is 0. The molecule has 0 amide bonds. The second kappa shape index (κ2) is 3.26. The van der Waals surface area contributed by atoms with E-state index in [0.717, 1.165) is 6.17 Å². The van der Waals surface area contributed by atoms with Crippen molar-refractivity contribution in [3.8, 4) is 0 Å². The molecular formula is C8H17N2SSi+. The van der Waals surface area contributed by atoms with Crippen LogP contribution < -0.4 is 4.68 Å². The summed E-state index contributed by atoms with van der Waals surface area (Å²) in [5, 5.41) is 6.97. The fraction of sp³-hybridized carbons (Fsp3) is 0.750. The molecule has 68 valence electrons. The Balaban J connectivity index is 2.82. The van der Waals surface area contributed by atoms with Crippen LogP contribution in [-0.4, -0.2) is 13.2 Å². The van der Waals surface area contributed by atoms with E-state index < -0.39 is 8.07 Å². The lowest BCUT2D eigenvalue weighted by Gasteiger charge is -2.07. The highest BCUT2D eigenvalue weighted by Gasteiger charge is 2.24. The monoisotopic (exact) mass is 201 g/mol. The van der Waals surface area contributed by atoms with Gasteiger partial charge in [0.15, 0.2) is 11.2 Å². The Hall–Kier alpha value is -0.223. The van der Waals surface area contributed by atoms with E-state index in [2.05, 4.69) is 43.3 Å². The van der Waals surface area contributed by atoms with Crippen LogP contribution in [0.5, 0.6) is 0 Å². The van der Waals surface area contributed by atoms with Gasteiger partial charge in [0, 0.05) is 12.0 Å². The highest BCUT2D eigenvalue weighted by molar-refractivity contribution is 7.10. The summed E-state index contributed by atoms with van der Waals surface area (Å²) in [7, 11) is -1.01. The van der Waals surface area contributed by atoms with Gasteiger partial charge in [-0.05, 0) is 6.92 Å². The van der Waals surface area contributed by atoms with Gasteiger partial charge in [-0.2, -0.15) is 0 Å². The lowest BCUT2D eigenvalue weighted by Crippen LogP contribution is -2.49. The smallest absolute Gasteiger partial charge is 0.0819 e. The first-order chi connectivity index (χ1) is 5.38. The molecule has 4 heteroatoms. The van der Waals surface area contributed by atoms with Crippen LogP contribution in [-0.2, 0) is 6.17 Å². The molecule has 0 bridgehead atoms. The molecule has 0 saturated heterocycles. The van der Waals surface area contributed by atoms with Gasteiger partial charge in [0.1, 0.15) is 8.07 Å². The van der Waals surface area contributed by atoms with Gasteiger partial charge < -0.3 is 0 Å². The van der Waals surface area contributed by atoms with E-state index in [0.29, 0.717) is 0 Å². The van der Waals surface area contributed by atoms with Crippen molar-refractivity contribution in [2.24, 2.45) is 0 Å². The normalized spacial score (nSPS) is 12.1. The molecule has 0 spiro atoms. The summed E-state index contributed by atoms with van der Waals surface area (Å²) in [6.45, 7) is 11.3. The highest BCUT2D eigenvalue weighted by Crippen LogP contribution is 2.06. The maximum absolute atomic E-state index is 4.47. The second-order valence-electron chi connectivity index (χ2n) is 4.36. The number of hydrogen-bond acceptors (Lipinski definition) is 2. The quantitative estimate of drug-likeness (QED) is 0.528. The van der Waals surface area contributed by atoms with E-state index in [1.165, 1.54) is 10.0 Å². The Morgan fingerprint density at radius 3 is 2.25 bits per heavy atom. The molecule has 0 aliphatic carbocycles. The second-order valence-corrected chi connectivity index (χ2v) is 11.2. The van der Waals surface area contributed by atoms with Crippen LogP contribution in [0.15, 0.2) is 0 Å². The van der Waals surface area contributed by atoms with Crippen LogP contribution in [0.2, 0.25) is 19.6 Å². The van der Waals surface area contributed by atoms with Crippen LogP contribution in [0, 0.1) is 13.8 Å². The molecule has 0 fully saturated rings. The third-order valence-electron chi connectivity index (χ3n) is 1.54. The number of rotatable bonds is 2. The average Bonchev–Trinajstić information content (AvgIpc) is 2.06. The summed E-state index contributed by atoms with van der Waals surface area (Å²) >= 11 is 1.78. The Morgan fingerprint density at radius 2 is 1.92 bits per heavy atom. The first-order valence-corrected chi connectivity index (χ1v) is 8.75. The minimum atomic E-state index is -1.01. The molecule has 1 aromatic heterocycles. The Morgan fingerprint density at radius 1 is 1.33 bits per heavy atom. The topological polar surface area (TPSA) is 16.8 Å². The van der Waals surface area contributed by atoms with Gasteiger partial charge in [0.25, 0.3) is 5.01 Å². The predicted molar refractivity (Wildman–Crippen MR) is 55.1 cm³/mol. The molecule has 0 saturated carbocycles. The maximum atomic E-state index is 4.47. The molecule has 1 heterocycles. The van der Waals surface area contributed by atoms with Crippen LogP contribution in [0.25, 0.3) is 0 Å². The van der Waals surface area contributed by atoms with E-state index in [1.54, 1.807) is 11.3 Å². The molecule has 1 rings (SSSR count). The van der Waals surface area contributed by atoms with Crippen molar-refractivity contribution < 1.29 is 4.68 Å². The van der Waals surface area contributed by atoms with E-state index >= 15 is 0 Å². The Bertz CT molecular complexity index is 275. The number of nitrogens with zero attached hydrogens (tertiary/aromatic N) is 2. The zero-order valence-corrected chi connectivity index (χ0v) is 10.3. The first kappa shape index (κ1) is 9.86. The fourth-order valence-corrected chi connectivity index (χ4v) is 3.22. The van der Waals surface area contributed by atoms with Crippen molar-refractivity contribution in [1.82, 2.24) is 5.10 Å². The van der Waals surface area contributed by atoms with Crippen molar-refractivity contribution in [2.75, 3.05) is 0 Å². The van der Waals surface area contributed by atoms with E-state index in [9.17, 15) is 0 Å². The molecule has 12 heavy (non-hydrogen) atoms. The van der Waals surface area contributed by atoms with E-state index in [4.69, 9.17) is 0 Å². The van der Waals surface area contributed by atoms with Crippen molar-refractivity contribution >= 4 is 19.4 Å². The van der Waals surface area contributed by atoms with Gasteiger partial charge in [-0.15, -0.1) is 0 Å². The zero-order chi connectivity index (χ0) is 9.35. The summed E-state index contributed by atoms with van der Waals surface area (Å²) < 4.78 is 2.16. The summed E-state index contributed by atoms with van der Waals surface area (Å²) in [5.74, 6) is 0. The minimum absolute atomic E-state index is 1.01. The molecule has 0 N–H and O–H groups in total. The van der Waals surface area contributed by atoms with Crippen molar-refractivity contribution in [1.29, 1.82) is 0 Å². The maximum Gasteiger partial charge on any atom is 0.261 e. The molecule has 2 nitrogen and oxygen atoms in total. The van der Waals surface area contributed by atoms with E-state index in [1.807, 2.05) is 0 Å². The molecule has 0 atom stereocenters. The van der Waals surface area contributed by atoms with Crippen molar-refractivity contribution in [3.05, 3.63) is 10.0 Å². The standard InChI is InChI=1S/C8H17N2SSi/c1-7-9-10(8(2)11-7)6-12(3,4)5/h6H2,1-5H3/q+1. The Kier molecular flexibility index (Phi) is 2.68. The van der Waals surface area contributed by atoms with Crippen LogP contribution in [0.3, 0.4) is 0 Å². The van der Waals surface area contributed by atoms with Gasteiger partial charge in [-0.25, -0.2) is 0 Å². The number of aryl methyl sites for hydroxylation is 2. The molecule has 0 unspecified atom stereocenters. The third-order valence-corrected chi connectivity index (χ3v) is 3.68. The number of aromatic nitrogens is 2. The molecular weight excluding hydrogens is 184 g/mol. The van der Waals surface area contributed by atoms with Crippen LogP contribution >= 0.6 is 11.3 Å². The van der Waals surface area contributed by atoms with Gasteiger partial charge in [-0.1, -0.05) is 35.7 Å². The largest absolute Gasteiger partial charge is 0.261 e. The molecule has 1 aromatic rings. The Labute approximate surface area is 79.3 Å². The lowest BCUT2D eigenvalue weighted by molar-refractivity contribution is -0.739. The molecule has 0 aromatic carbocycles. The summed E-state index contributed by atoms with van der Waals surface area (Å²) in [6.07, 6.45) is 1.14.